The number of hydrogen-bond acceptors (Lipinski definition) is 2. The summed E-state index contributed by atoms with van der Waals surface area (Å²) in [5, 5.41) is 9.64. The third kappa shape index (κ3) is 1.94. The van der Waals surface area contributed by atoms with Crippen LogP contribution in [0.1, 0.15) is 19.4 Å². The number of carbonyl (C=O) groups is 1. The van der Waals surface area contributed by atoms with Gasteiger partial charge in [0.25, 0.3) is 0 Å². The first kappa shape index (κ1) is 11.1. The fraction of sp³-hybridized carbons (Fsp3) is 0.300. The molecule has 0 radical (unpaired) electrons. The molecule has 0 heterocycles. The Kier molecular flexibility index (Phi) is 2.92. The SMILES string of the molecule is CC(=O)C(C)(O)c1ccc(F)c(Cl)c1. The molecule has 1 aromatic rings. The first-order valence-corrected chi connectivity index (χ1v) is 4.42. The van der Waals surface area contributed by atoms with Crippen LogP contribution >= 0.6 is 11.6 Å². The molecule has 0 aliphatic carbocycles. The topological polar surface area (TPSA) is 37.3 Å². The molecule has 0 aliphatic heterocycles. The summed E-state index contributed by atoms with van der Waals surface area (Å²) in [5.74, 6) is -0.991. The third-order valence-corrected chi connectivity index (χ3v) is 2.46. The standard InChI is InChI=1S/C10H10ClFO2/c1-6(13)10(2,14)7-3-4-9(12)8(11)5-7/h3-5,14H,1-2H3. The zero-order chi connectivity index (χ0) is 10.9. The van der Waals surface area contributed by atoms with Crippen molar-refractivity contribution in [1.29, 1.82) is 0 Å². The molecule has 0 aromatic heterocycles. The van der Waals surface area contributed by atoms with Crippen LogP contribution in [0, 0.1) is 5.82 Å². The second kappa shape index (κ2) is 3.67. The van der Waals surface area contributed by atoms with Crippen LogP contribution in [0.15, 0.2) is 18.2 Å². The lowest BCUT2D eigenvalue weighted by molar-refractivity contribution is -0.134. The average Bonchev–Trinajstić information content (AvgIpc) is 2.09. The number of aliphatic hydroxyl groups is 1. The van der Waals surface area contributed by atoms with Gasteiger partial charge in [-0.05, 0) is 31.5 Å². The van der Waals surface area contributed by atoms with Crippen LogP contribution in [-0.4, -0.2) is 10.9 Å². The predicted octanol–water partition coefficient (Wildman–Crippen LogP) is 2.28. The van der Waals surface area contributed by atoms with Gasteiger partial charge in [-0.3, -0.25) is 4.79 Å². The van der Waals surface area contributed by atoms with E-state index in [-0.39, 0.29) is 10.6 Å². The van der Waals surface area contributed by atoms with Crippen LogP contribution in [0.3, 0.4) is 0 Å². The normalized spacial score (nSPS) is 14.9. The summed E-state index contributed by atoms with van der Waals surface area (Å²) in [6.07, 6.45) is 0. The summed E-state index contributed by atoms with van der Waals surface area (Å²) in [7, 11) is 0. The van der Waals surface area contributed by atoms with Gasteiger partial charge in [0.15, 0.2) is 5.78 Å². The molecule has 1 unspecified atom stereocenters. The Bertz CT molecular complexity index is 374. The zero-order valence-electron chi connectivity index (χ0n) is 7.84. The molecule has 4 heteroatoms. The number of halogens is 2. The van der Waals surface area contributed by atoms with Gasteiger partial charge in [-0.25, -0.2) is 4.39 Å². The van der Waals surface area contributed by atoms with Crippen molar-refractivity contribution in [3.05, 3.63) is 34.6 Å². The Morgan fingerprint density at radius 2 is 2.14 bits per heavy atom. The van der Waals surface area contributed by atoms with Crippen molar-refractivity contribution in [2.75, 3.05) is 0 Å². The van der Waals surface area contributed by atoms with Gasteiger partial charge < -0.3 is 5.11 Å². The summed E-state index contributed by atoms with van der Waals surface area (Å²) < 4.78 is 12.8. The molecule has 0 saturated heterocycles. The monoisotopic (exact) mass is 216 g/mol. The van der Waals surface area contributed by atoms with Crippen molar-refractivity contribution in [1.82, 2.24) is 0 Å². The van der Waals surface area contributed by atoms with Crippen molar-refractivity contribution >= 4 is 17.4 Å². The minimum atomic E-state index is -1.61. The zero-order valence-corrected chi connectivity index (χ0v) is 8.60. The van der Waals surface area contributed by atoms with Gasteiger partial charge in [-0.1, -0.05) is 17.7 Å². The average molecular weight is 217 g/mol. The number of carbonyl (C=O) groups excluding carboxylic acids is 1. The highest BCUT2D eigenvalue weighted by molar-refractivity contribution is 6.30. The van der Waals surface area contributed by atoms with E-state index in [1.165, 1.54) is 26.0 Å². The van der Waals surface area contributed by atoms with E-state index in [1.54, 1.807) is 0 Å². The minimum Gasteiger partial charge on any atom is -0.378 e. The molecule has 0 saturated carbocycles. The first-order chi connectivity index (χ1) is 6.35. The van der Waals surface area contributed by atoms with Crippen LogP contribution in [-0.2, 0) is 10.4 Å². The lowest BCUT2D eigenvalue weighted by Gasteiger charge is -2.20. The highest BCUT2D eigenvalue weighted by Gasteiger charge is 2.29. The summed E-state index contributed by atoms with van der Waals surface area (Å²) >= 11 is 5.53. The Labute approximate surface area is 86.3 Å². The minimum absolute atomic E-state index is 0.107. The predicted molar refractivity (Wildman–Crippen MR) is 51.7 cm³/mol. The molecular formula is C10H10ClFO2. The van der Waals surface area contributed by atoms with E-state index in [0.717, 1.165) is 6.07 Å². The molecular weight excluding hydrogens is 207 g/mol. The molecule has 1 rings (SSSR count). The summed E-state index contributed by atoms with van der Waals surface area (Å²) in [6.45, 7) is 2.61. The molecule has 0 spiro atoms. The second-order valence-electron chi connectivity index (χ2n) is 3.26. The Hall–Kier alpha value is -0.930. The van der Waals surface area contributed by atoms with Crippen molar-refractivity contribution in [2.24, 2.45) is 0 Å². The molecule has 14 heavy (non-hydrogen) atoms. The van der Waals surface area contributed by atoms with Gasteiger partial charge in [0.1, 0.15) is 11.4 Å². The van der Waals surface area contributed by atoms with Crippen LogP contribution < -0.4 is 0 Å². The van der Waals surface area contributed by atoms with E-state index in [1.807, 2.05) is 0 Å². The van der Waals surface area contributed by atoms with E-state index >= 15 is 0 Å². The van der Waals surface area contributed by atoms with Crippen LogP contribution in [0.4, 0.5) is 4.39 Å². The van der Waals surface area contributed by atoms with E-state index in [0.29, 0.717) is 0 Å². The lowest BCUT2D eigenvalue weighted by atomic mass is 9.92. The quantitative estimate of drug-likeness (QED) is 0.824. The molecule has 0 fully saturated rings. The van der Waals surface area contributed by atoms with Crippen molar-refractivity contribution in [3.63, 3.8) is 0 Å². The summed E-state index contributed by atoms with van der Waals surface area (Å²) in [4.78, 5) is 11.1. The molecule has 76 valence electrons. The number of ketones is 1. The summed E-state index contributed by atoms with van der Waals surface area (Å²) in [6, 6.07) is 3.70. The third-order valence-electron chi connectivity index (χ3n) is 2.17. The number of Topliss-reactive ketones (excluding diaryl/α,β-unsaturated/α-hetero) is 1. The molecule has 0 aliphatic rings. The molecule has 2 nitrogen and oxygen atoms in total. The molecule has 1 aromatic carbocycles. The van der Waals surface area contributed by atoms with E-state index < -0.39 is 17.2 Å². The lowest BCUT2D eigenvalue weighted by Crippen LogP contribution is -2.29. The van der Waals surface area contributed by atoms with Crippen LogP contribution in [0.2, 0.25) is 5.02 Å². The van der Waals surface area contributed by atoms with Crippen LogP contribution in [0.25, 0.3) is 0 Å². The largest absolute Gasteiger partial charge is 0.378 e. The molecule has 1 atom stereocenters. The van der Waals surface area contributed by atoms with Crippen molar-refractivity contribution < 1.29 is 14.3 Å². The highest BCUT2D eigenvalue weighted by Crippen LogP contribution is 2.25. The maximum Gasteiger partial charge on any atom is 0.165 e. The van der Waals surface area contributed by atoms with Gasteiger partial charge in [-0.15, -0.1) is 0 Å². The van der Waals surface area contributed by atoms with E-state index in [2.05, 4.69) is 0 Å². The number of benzene rings is 1. The smallest absolute Gasteiger partial charge is 0.165 e. The fourth-order valence-electron chi connectivity index (χ4n) is 1.00. The Morgan fingerprint density at radius 1 is 1.57 bits per heavy atom. The van der Waals surface area contributed by atoms with Gasteiger partial charge in [-0.2, -0.15) is 0 Å². The second-order valence-corrected chi connectivity index (χ2v) is 3.66. The van der Waals surface area contributed by atoms with E-state index in [4.69, 9.17) is 11.6 Å². The number of hydrogen-bond donors (Lipinski definition) is 1. The summed E-state index contributed by atoms with van der Waals surface area (Å²) in [5.41, 5.74) is -1.33. The maximum absolute atomic E-state index is 12.8. The first-order valence-electron chi connectivity index (χ1n) is 4.04. The van der Waals surface area contributed by atoms with Crippen molar-refractivity contribution in [2.45, 2.75) is 19.4 Å². The highest BCUT2D eigenvalue weighted by atomic mass is 35.5. The molecule has 1 N–H and O–H groups in total. The van der Waals surface area contributed by atoms with Gasteiger partial charge in [0.05, 0.1) is 5.02 Å². The van der Waals surface area contributed by atoms with Gasteiger partial charge in [0.2, 0.25) is 0 Å². The van der Waals surface area contributed by atoms with Crippen molar-refractivity contribution in [3.8, 4) is 0 Å². The Morgan fingerprint density at radius 3 is 2.57 bits per heavy atom. The fourth-order valence-corrected chi connectivity index (χ4v) is 1.18. The van der Waals surface area contributed by atoms with E-state index in [9.17, 15) is 14.3 Å². The van der Waals surface area contributed by atoms with Gasteiger partial charge in [0, 0.05) is 0 Å². The Balaban J connectivity index is 3.21. The van der Waals surface area contributed by atoms with Gasteiger partial charge >= 0.3 is 0 Å². The maximum atomic E-state index is 12.8. The van der Waals surface area contributed by atoms with Crippen LogP contribution in [0.5, 0.6) is 0 Å². The number of rotatable bonds is 2. The molecule has 0 bridgehead atoms. The molecule has 0 amide bonds.